The summed E-state index contributed by atoms with van der Waals surface area (Å²) in [6, 6.07) is 14.4. The van der Waals surface area contributed by atoms with Crippen LogP contribution in [0.25, 0.3) is 0 Å². The van der Waals surface area contributed by atoms with Gasteiger partial charge in [0.1, 0.15) is 23.1 Å². The van der Waals surface area contributed by atoms with E-state index in [1.54, 1.807) is 5.38 Å². The van der Waals surface area contributed by atoms with Crippen molar-refractivity contribution in [2.24, 2.45) is 0 Å². The Hall–Kier alpha value is -3.79. The van der Waals surface area contributed by atoms with Gasteiger partial charge in [-0.15, -0.1) is 11.3 Å². The molecular weight excluding hydrogens is 456 g/mol. The average Bonchev–Trinajstić information content (AvgIpc) is 3.34. The van der Waals surface area contributed by atoms with Crippen LogP contribution in [0.1, 0.15) is 51.5 Å². The topological polar surface area (TPSA) is 123 Å². The van der Waals surface area contributed by atoms with Gasteiger partial charge in [0.25, 0.3) is 17.5 Å². The molecule has 0 spiro atoms. The number of nitrogens with zero attached hydrogens (tertiary/aromatic N) is 2. The molecule has 2 atom stereocenters. The zero-order chi connectivity index (χ0) is 23.9. The number of ether oxygens (including phenoxy) is 1. The number of carbonyl (C=O) groups is 2. The first kappa shape index (κ1) is 23.4. The second-order valence-electron chi connectivity index (χ2n) is 7.98. The van der Waals surface area contributed by atoms with Crippen molar-refractivity contribution in [1.29, 1.82) is 0 Å². The minimum absolute atomic E-state index is 0.0730. The highest BCUT2D eigenvalue weighted by Crippen LogP contribution is 2.21. The van der Waals surface area contributed by atoms with E-state index in [9.17, 15) is 19.7 Å². The van der Waals surface area contributed by atoms with E-state index in [0.29, 0.717) is 16.3 Å². The summed E-state index contributed by atoms with van der Waals surface area (Å²) in [5.74, 6) is 0.122. The first-order chi connectivity index (χ1) is 16.5. The van der Waals surface area contributed by atoms with E-state index in [1.165, 1.54) is 35.6 Å². The molecule has 4 rings (SSSR count). The number of para-hydroxylation sites is 1. The highest BCUT2D eigenvalue weighted by Gasteiger charge is 2.29. The Labute approximate surface area is 200 Å². The normalized spacial score (nSPS) is 17.5. The summed E-state index contributed by atoms with van der Waals surface area (Å²) in [5.41, 5.74) is 0.586. The van der Waals surface area contributed by atoms with Crippen LogP contribution < -0.4 is 15.4 Å². The summed E-state index contributed by atoms with van der Waals surface area (Å²) in [4.78, 5) is 40.2. The Morgan fingerprint density at radius 1 is 1.00 bits per heavy atom. The Balaban J connectivity index is 1.34. The van der Waals surface area contributed by atoms with Gasteiger partial charge in [0.05, 0.1) is 4.92 Å². The van der Waals surface area contributed by atoms with Crippen LogP contribution in [-0.2, 0) is 6.61 Å². The van der Waals surface area contributed by atoms with E-state index >= 15 is 0 Å². The number of hydrogen-bond donors (Lipinski definition) is 2. The van der Waals surface area contributed by atoms with Gasteiger partial charge in [-0.3, -0.25) is 19.7 Å². The lowest BCUT2D eigenvalue weighted by atomic mass is 9.90. The molecule has 0 bridgehead atoms. The van der Waals surface area contributed by atoms with Crippen molar-refractivity contribution in [2.75, 3.05) is 0 Å². The van der Waals surface area contributed by atoms with Gasteiger partial charge in [0.2, 0.25) is 0 Å². The molecule has 10 heteroatoms. The average molecular weight is 481 g/mol. The number of thiazole rings is 1. The van der Waals surface area contributed by atoms with Gasteiger partial charge in [-0.05, 0) is 37.1 Å². The maximum absolute atomic E-state index is 12.8. The van der Waals surface area contributed by atoms with Crippen molar-refractivity contribution < 1.29 is 19.2 Å². The summed E-state index contributed by atoms with van der Waals surface area (Å²) in [6.45, 7) is 0.277. The van der Waals surface area contributed by atoms with Crippen molar-refractivity contribution >= 4 is 28.8 Å². The second kappa shape index (κ2) is 10.9. The Bertz CT molecular complexity index is 1150. The fourth-order valence-electron chi connectivity index (χ4n) is 3.85. The molecule has 2 aromatic carbocycles. The van der Waals surface area contributed by atoms with Gasteiger partial charge in [-0.25, -0.2) is 4.98 Å². The summed E-state index contributed by atoms with van der Waals surface area (Å²) >= 11 is 1.36. The van der Waals surface area contributed by atoms with Gasteiger partial charge >= 0.3 is 0 Å². The number of nitro benzene ring substituents is 1. The Kier molecular flexibility index (Phi) is 7.48. The Morgan fingerprint density at radius 2 is 1.65 bits per heavy atom. The van der Waals surface area contributed by atoms with Crippen LogP contribution in [-0.4, -0.2) is 33.8 Å². The summed E-state index contributed by atoms with van der Waals surface area (Å²) in [6.07, 6.45) is 3.36. The molecule has 1 aliphatic rings. The van der Waals surface area contributed by atoms with Crippen LogP contribution in [0.2, 0.25) is 0 Å². The molecule has 2 amide bonds. The molecule has 176 valence electrons. The fraction of sp³-hybridized carbons (Fsp3) is 0.292. The number of nitrogens with one attached hydrogen (secondary N) is 2. The molecule has 0 saturated heterocycles. The van der Waals surface area contributed by atoms with Crippen LogP contribution in [0, 0.1) is 10.1 Å². The molecule has 1 aliphatic carbocycles. The summed E-state index contributed by atoms with van der Waals surface area (Å²) in [5, 5.41) is 19.2. The molecule has 2 N–H and O–H groups in total. The molecule has 0 radical (unpaired) electrons. The van der Waals surface area contributed by atoms with E-state index < -0.39 is 4.92 Å². The third-order valence-corrected chi connectivity index (χ3v) is 6.45. The van der Waals surface area contributed by atoms with Crippen molar-refractivity contribution in [3.05, 3.63) is 86.4 Å². The quantitative estimate of drug-likeness (QED) is 0.370. The van der Waals surface area contributed by atoms with E-state index in [2.05, 4.69) is 15.6 Å². The van der Waals surface area contributed by atoms with Crippen molar-refractivity contribution in [1.82, 2.24) is 15.6 Å². The molecule has 2 unspecified atom stereocenters. The van der Waals surface area contributed by atoms with Gasteiger partial charge in [-0.1, -0.05) is 31.0 Å². The molecule has 9 nitrogen and oxygen atoms in total. The molecule has 34 heavy (non-hydrogen) atoms. The lowest BCUT2D eigenvalue weighted by Crippen LogP contribution is -2.53. The third kappa shape index (κ3) is 5.96. The number of hydrogen-bond acceptors (Lipinski definition) is 7. The van der Waals surface area contributed by atoms with Crippen LogP contribution >= 0.6 is 11.3 Å². The predicted octanol–water partition coefficient (Wildman–Crippen LogP) is 4.10. The van der Waals surface area contributed by atoms with Gasteiger partial charge in [-0.2, -0.15) is 0 Å². The molecule has 3 aromatic rings. The number of aromatic nitrogens is 1. The fourth-order valence-corrected chi connectivity index (χ4v) is 4.53. The van der Waals surface area contributed by atoms with Gasteiger partial charge in [0, 0.05) is 35.2 Å². The first-order valence-electron chi connectivity index (χ1n) is 11.0. The molecular formula is C24H24N4O5S. The molecule has 1 saturated carbocycles. The number of non-ortho nitro benzene ring substituents is 1. The molecule has 1 heterocycles. The van der Waals surface area contributed by atoms with Crippen LogP contribution in [0.5, 0.6) is 5.75 Å². The smallest absolute Gasteiger partial charge is 0.271 e. The maximum Gasteiger partial charge on any atom is 0.271 e. The zero-order valence-corrected chi connectivity index (χ0v) is 19.1. The van der Waals surface area contributed by atoms with Gasteiger partial charge in [0.15, 0.2) is 0 Å². The monoisotopic (exact) mass is 480 g/mol. The maximum atomic E-state index is 12.8. The van der Waals surface area contributed by atoms with Crippen LogP contribution in [0.15, 0.2) is 60.0 Å². The third-order valence-electron chi connectivity index (χ3n) is 5.63. The highest BCUT2D eigenvalue weighted by atomic mass is 32.1. The summed E-state index contributed by atoms with van der Waals surface area (Å²) in [7, 11) is 0. The number of rotatable bonds is 8. The minimum atomic E-state index is -0.508. The Morgan fingerprint density at radius 3 is 2.29 bits per heavy atom. The number of nitro groups is 1. The number of benzene rings is 2. The van der Waals surface area contributed by atoms with Crippen molar-refractivity contribution in [3.63, 3.8) is 0 Å². The SMILES string of the molecule is O=C(NC1CCCCC1NC(=O)c1csc(COc2ccccc2)n1)c1ccc([N+](=O)[O-])cc1. The lowest BCUT2D eigenvalue weighted by molar-refractivity contribution is -0.384. The molecule has 1 aromatic heterocycles. The van der Waals surface area contributed by atoms with E-state index in [4.69, 9.17) is 4.74 Å². The van der Waals surface area contributed by atoms with E-state index in [0.717, 1.165) is 31.4 Å². The van der Waals surface area contributed by atoms with E-state index in [1.807, 2.05) is 30.3 Å². The standard InChI is InChI=1S/C24H24N4O5S/c29-23(16-10-12-17(13-11-16)28(31)32)26-19-8-4-5-9-20(19)27-24(30)21-15-34-22(25-21)14-33-18-6-2-1-3-7-18/h1-3,6-7,10-13,15,19-20H,4-5,8-9,14H2,(H,26,29)(H,27,30). The number of carbonyl (C=O) groups excluding carboxylic acids is 2. The predicted molar refractivity (Wildman–Crippen MR) is 127 cm³/mol. The largest absolute Gasteiger partial charge is 0.486 e. The molecule has 0 aliphatic heterocycles. The van der Waals surface area contributed by atoms with Crippen LogP contribution in [0.4, 0.5) is 5.69 Å². The zero-order valence-electron chi connectivity index (χ0n) is 18.3. The first-order valence-corrected chi connectivity index (χ1v) is 11.9. The minimum Gasteiger partial charge on any atom is -0.486 e. The van der Waals surface area contributed by atoms with Crippen LogP contribution in [0.3, 0.4) is 0 Å². The lowest BCUT2D eigenvalue weighted by Gasteiger charge is -2.32. The summed E-state index contributed by atoms with van der Waals surface area (Å²) < 4.78 is 5.69. The second-order valence-corrected chi connectivity index (χ2v) is 8.92. The number of amides is 2. The van der Waals surface area contributed by atoms with Crippen molar-refractivity contribution in [3.8, 4) is 5.75 Å². The van der Waals surface area contributed by atoms with E-state index in [-0.39, 0.29) is 36.2 Å². The highest BCUT2D eigenvalue weighted by molar-refractivity contribution is 7.09. The molecule has 1 fully saturated rings. The van der Waals surface area contributed by atoms with Gasteiger partial charge < -0.3 is 15.4 Å². The van der Waals surface area contributed by atoms with Crippen molar-refractivity contribution in [2.45, 2.75) is 44.4 Å².